The molecule has 1 N–H and O–H groups in total. The van der Waals surface area contributed by atoms with Gasteiger partial charge in [-0.2, -0.15) is 4.52 Å². The number of fused-ring (bicyclic) bond motifs is 3. The minimum absolute atomic E-state index is 0.00512. The van der Waals surface area contributed by atoms with Gasteiger partial charge >= 0.3 is 0 Å². The molecular weight excluding hydrogens is 387 g/mol. The van der Waals surface area contributed by atoms with Crippen molar-refractivity contribution in [3.05, 3.63) is 88.7 Å². The van der Waals surface area contributed by atoms with E-state index < -0.39 is 10.7 Å². The average Bonchev–Trinajstić information content (AvgIpc) is 3.18. The number of nitrogens with zero attached hydrogens (tertiary/aromatic N) is 5. The monoisotopic (exact) mass is 400 g/mol. The number of anilines is 2. The molecular formula is C21H13FN6O2. The van der Waals surface area contributed by atoms with Gasteiger partial charge in [-0.25, -0.2) is 4.39 Å². The van der Waals surface area contributed by atoms with Crippen LogP contribution in [-0.4, -0.2) is 24.7 Å². The molecule has 0 saturated heterocycles. The minimum Gasteiger partial charge on any atom is -0.338 e. The van der Waals surface area contributed by atoms with Crippen molar-refractivity contribution < 1.29 is 9.31 Å². The summed E-state index contributed by atoms with van der Waals surface area (Å²) in [5, 5.41) is 28.6. The summed E-state index contributed by atoms with van der Waals surface area (Å²) in [5.74, 6) is 0.344. The van der Waals surface area contributed by atoms with Gasteiger partial charge in [0.1, 0.15) is 5.82 Å². The zero-order valence-electron chi connectivity index (χ0n) is 15.4. The van der Waals surface area contributed by atoms with Crippen LogP contribution in [0.15, 0.2) is 72.8 Å². The molecule has 0 aliphatic rings. The lowest BCUT2D eigenvalue weighted by atomic mass is 10.1. The first-order valence-corrected chi connectivity index (χ1v) is 9.02. The van der Waals surface area contributed by atoms with E-state index in [1.54, 1.807) is 30.3 Å². The number of nitrogens with one attached hydrogen (secondary N) is 1. The Hall–Kier alpha value is -4.40. The molecule has 0 spiro atoms. The molecule has 5 rings (SSSR count). The van der Waals surface area contributed by atoms with Crippen LogP contribution < -0.4 is 5.32 Å². The molecule has 0 amide bonds. The Morgan fingerprint density at radius 1 is 0.900 bits per heavy atom. The van der Waals surface area contributed by atoms with Crippen molar-refractivity contribution in [3.63, 3.8) is 0 Å². The van der Waals surface area contributed by atoms with E-state index >= 15 is 0 Å². The Balaban J connectivity index is 1.69. The van der Waals surface area contributed by atoms with Gasteiger partial charge < -0.3 is 5.32 Å². The Labute approximate surface area is 168 Å². The summed E-state index contributed by atoms with van der Waals surface area (Å²) in [5.41, 5.74) is 1.40. The molecule has 0 aliphatic carbocycles. The van der Waals surface area contributed by atoms with Crippen LogP contribution in [0.2, 0.25) is 0 Å². The molecule has 9 heteroatoms. The lowest BCUT2D eigenvalue weighted by molar-refractivity contribution is -0.384. The topological polar surface area (TPSA) is 98.2 Å². The summed E-state index contributed by atoms with van der Waals surface area (Å²) >= 11 is 0. The Bertz CT molecular complexity index is 1410. The predicted octanol–water partition coefficient (Wildman–Crippen LogP) is 4.74. The van der Waals surface area contributed by atoms with E-state index in [1.807, 2.05) is 24.3 Å². The molecule has 5 aromatic rings. The standard InChI is InChI=1S/C21H13FN6O2/c22-18-8-4-3-7-17(18)21-25-24-20-16-6-2-1-5-15(16)19(26-27(20)21)23-13-9-11-14(12-10-13)28(29)30/h1-12H,(H,23,26). The molecule has 0 unspecified atom stereocenters. The summed E-state index contributed by atoms with van der Waals surface area (Å²) < 4.78 is 15.9. The normalized spacial score (nSPS) is 11.1. The first kappa shape index (κ1) is 17.7. The second-order valence-electron chi connectivity index (χ2n) is 6.56. The maximum absolute atomic E-state index is 14.4. The van der Waals surface area contributed by atoms with Crippen LogP contribution in [0.25, 0.3) is 27.8 Å². The fraction of sp³-hybridized carbons (Fsp3) is 0. The largest absolute Gasteiger partial charge is 0.338 e. The highest BCUT2D eigenvalue weighted by molar-refractivity contribution is 6.01. The van der Waals surface area contributed by atoms with Crippen molar-refractivity contribution in [2.75, 3.05) is 5.32 Å². The van der Waals surface area contributed by atoms with Crippen LogP contribution in [0.4, 0.5) is 21.6 Å². The Kier molecular flexibility index (Phi) is 4.06. The van der Waals surface area contributed by atoms with E-state index in [-0.39, 0.29) is 17.1 Å². The van der Waals surface area contributed by atoms with Crippen LogP contribution in [0.1, 0.15) is 0 Å². The third-order valence-corrected chi connectivity index (χ3v) is 4.72. The van der Waals surface area contributed by atoms with Crippen LogP contribution in [0.5, 0.6) is 0 Å². The van der Waals surface area contributed by atoms with E-state index in [0.29, 0.717) is 17.2 Å². The quantitative estimate of drug-likeness (QED) is 0.346. The van der Waals surface area contributed by atoms with E-state index in [0.717, 1.165) is 10.8 Å². The lowest BCUT2D eigenvalue weighted by Gasteiger charge is -2.10. The van der Waals surface area contributed by atoms with E-state index in [1.165, 1.54) is 22.7 Å². The van der Waals surface area contributed by atoms with Crippen molar-refractivity contribution in [1.29, 1.82) is 0 Å². The SMILES string of the molecule is O=[N+]([O-])c1ccc(Nc2nn3c(-c4ccccc4F)nnc3c3ccccc23)cc1. The average molecular weight is 400 g/mol. The van der Waals surface area contributed by atoms with Crippen LogP contribution in [-0.2, 0) is 0 Å². The van der Waals surface area contributed by atoms with Gasteiger partial charge in [-0.15, -0.1) is 15.3 Å². The van der Waals surface area contributed by atoms with E-state index in [2.05, 4.69) is 20.6 Å². The third kappa shape index (κ3) is 2.89. The van der Waals surface area contributed by atoms with Crippen molar-refractivity contribution in [2.24, 2.45) is 0 Å². The number of nitro benzene ring substituents is 1. The fourth-order valence-electron chi connectivity index (χ4n) is 3.29. The van der Waals surface area contributed by atoms with Gasteiger partial charge in [-0.3, -0.25) is 10.1 Å². The highest BCUT2D eigenvalue weighted by Gasteiger charge is 2.17. The summed E-state index contributed by atoms with van der Waals surface area (Å²) in [6.07, 6.45) is 0. The maximum atomic E-state index is 14.4. The molecule has 0 radical (unpaired) electrons. The maximum Gasteiger partial charge on any atom is 0.269 e. The van der Waals surface area contributed by atoms with Crippen LogP contribution in [0, 0.1) is 15.9 Å². The number of hydrogen-bond donors (Lipinski definition) is 1. The molecule has 2 heterocycles. The van der Waals surface area contributed by atoms with Crippen molar-refractivity contribution in [1.82, 2.24) is 19.8 Å². The second kappa shape index (κ2) is 6.89. The lowest BCUT2D eigenvalue weighted by Crippen LogP contribution is -2.03. The van der Waals surface area contributed by atoms with Crippen molar-refractivity contribution >= 4 is 33.6 Å². The predicted molar refractivity (Wildman–Crippen MR) is 110 cm³/mol. The summed E-state index contributed by atoms with van der Waals surface area (Å²) in [7, 11) is 0. The molecule has 0 fully saturated rings. The number of rotatable bonds is 4. The number of benzene rings is 3. The van der Waals surface area contributed by atoms with E-state index in [9.17, 15) is 14.5 Å². The number of nitro groups is 1. The Morgan fingerprint density at radius 2 is 1.60 bits per heavy atom. The van der Waals surface area contributed by atoms with Gasteiger partial charge in [0, 0.05) is 28.6 Å². The van der Waals surface area contributed by atoms with Gasteiger partial charge in [-0.05, 0) is 24.3 Å². The zero-order valence-corrected chi connectivity index (χ0v) is 15.4. The zero-order chi connectivity index (χ0) is 20.7. The number of aromatic nitrogens is 4. The second-order valence-corrected chi connectivity index (χ2v) is 6.56. The van der Waals surface area contributed by atoms with Gasteiger partial charge in [0.25, 0.3) is 5.69 Å². The van der Waals surface area contributed by atoms with Gasteiger partial charge in [0.15, 0.2) is 17.3 Å². The fourth-order valence-corrected chi connectivity index (χ4v) is 3.29. The first-order valence-electron chi connectivity index (χ1n) is 9.02. The van der Waals surface area contributed by atoms with Crippen molar-refractivity contribution in [3.8, 4) is 11.4 Å². The molecule has 3 aromatic carbocycles. The third-order valence-electron chi connectivity index (χ3n) is 4.72. The minimum atomic E-state index is -0.457. The van der Waals surface area contributed by atoms with Crippen molar-refractivity contribution in [2.45, 2.75) is 0 Å². The summed E-state index contributed by atoms with van der Waals surface area (Å²) in [6, 6.07) is 19.8. The van der Waals surface area contributed by atoms with Crippen LogP contribution in [0.3, 0.4) is 0 Å². The molecule has 0 aliphatic heterocycles. The van der Waals surface area contributed by atoms with E-state index in [4.69, 9.17) is 0 Å². The molecule has 0 bridgehead atoms. The molecule has 146 valence electrons. The molecule has 0 atom stereocenters. The summed E-state index contributed by atoms with van der Waals surface area (Å²) in [6.45, 7) is 0. The molecule has 8 nitrogen and oxygen atoms in total. The van der Waals surface area contributed by atoms with Gasteiger partial charge in [0.2, 0.25) is 0 Å². The highest BCUT2D eigenvalue weighted by Crippen LogP contribution is 2.30. The number of halogens is 1. The Morgan fingerprint density at radius 3 is 2.33 bits per heavy atom. The molecule has 30 heavy (non-hydrogen) atoms. The number of hydrogen-bond acceptors (Lipinski definition) is 6. The summed E-state index contributed by atoms with van der Waals surface area (Å²) in [4.78, 5) is 10.4. The van der Waals surface area contributed by atoms with Gasteiger partial charge in [-0.1, -0.05) is 36.4 Å². The molecule has 0 saturated carbocycles. The highest BCUT2D eigenvalue weighted by atomic mass is 19.1. The smallest absolute Gasteiger partial charge is 0.269 e. The van der Waals surface area contributed by atoms with Gasteiger partial charge in [0.05, 0.1) is 10.5 Å². The number of non-ortho nitro benzene ring substituents is 1. The first-order chi connectivity index (χ1) is 14.6. The van der Waals surface area contributed by atoms with Crippen LogP contribution >= 0.6 is 0 Å². The molecule has 2 aromatic heterocycles.